The average molecular weight is 443 g/mol. The van der Waals surface area contributed by atoms with Crippen LogP contribution in [0.2, 0.25) is 5.02 Å². The van der Waals surface area contributed by atoms with Crippen molar-refractivity contribution in [2.24, 2.45) is 0 Å². The van der Waals surface area contributed by atoms with Crippen molar-refractivity contribution in [3.8, 4) is 0 Å². The summed E-state index contributed by atoms with van der Waals surface area (Å²) < 4.78 is 20.8. The summed E-state index contributed by atoms with van der Waals surface area (Å²) in [5.74, 6) is -0.565. The second-order valence-electron chi connectivity index (χ2n) is 7.63. The molecule has 0 amide bonds. The minimum absolute atomic E-state index is 0.211. The fourth-order valence-electron chi connectivity index (χ4n) is 3.24. The number of hydrogen-bond acceptors (Lipinski definition) is 4. The molecule has 1 N–H and O–H groups in total. The van der Waals surface area contributed by atoms with Gasteiger partial charge in [0.1, 0.15) is 5.78 Å². The Balaban J connectivity index is 2.12. The van der Waals surface area contributed by atoms with Crippen LogP contribution in [-0.4, -0.2) is 20.2 Å². The van der Waals surface area contributed by atoms with E-state index in [-0.39, 0.29) is 6.10 Å². The van der Waals surface area contributed by atoms with Crippen molar-refractivity contribution in [2.75, 3.05) is 24.3 Å². The minimum atomic E-state index is -3.36. The van der Waals surface area contributed by atoms with Gasteiger partial charge in [0.05, 0.1) is 6.10 Å². The monoisotopic (exact) mass is 442 g/mol. The maximum absolute atomic E-state index is 14.6. The van der Waals surface area contributed by atoms with Crippen molar-refractivity contribution in [2.45, 2.75) is 25.7 Å². The average Bonchev–Trinajstić information content (AvgIpc) is 2.73. The maximum atomic E-state index is 14.6. The summed E-state index contributed by atoms with van der Waals surface area (Å²) in [6.45, 7) is 3.81. The van der Waals surface area contributed by atoms with Crippen molar-refractivity contribution in [1.29, 1.82) is 0 Å². The molecule has 0 aliphatic heterocycles. The quantitative estimate of drug-likeness (QED) is 0.402. The Labute approximate surface area is 184 Å². The van der Waals surface area contributed by atoms with Crippen molar-refractivity contribution in [3.63, 3.8) is 0 Å². The number of hydrogen-bond donors (Lipinski definition) is 1. The Bertz CT molecular complexity index is 990. The lowest BCUT2D eigenvalue weighted by Gasteiger charge is -2.31. The highest BCUT2D eigenvalue weighted by Crippen LogP contribution is 2.59. The van der Waals surface area contributed by atoms with Gasteiger partial charge in [-0.1, -0.05) is 41.9 Å². The molecule has 0 saturated carbocycles. The number of anilines is 2. The fraction of sp³-hybridized carbons (Fsp3) is 0.250. The SMILES string of the molecule is CC(C)O[P@](=O)(c1ccc(N(C)C)cc1)[C@H](Nc1ccccc1)c1ccc(Cl)cc1. The molecular formula is C24H28ClN2O2P. The predicted molar refractivity (Wildman–Crippen MR) is 128 cm³/mol. The van der Waals surface area contributed by atoms with Crippen molar-refractivity contribution in [1.82, 2.24) is 0 Å². The Hall–Kier alpha value is -2.26. The molecule has 6 heteroatoms. The Morgan fingerprint density at radius 1 is 0.900 bits per heavy atom. The fourth-order valence-corrected chi connectivity index (χ4v) is 5.99. The van der Waals surface area contributed by atoms with Crippen LogP contribution >= 0.6 is 19.0 Å². The van der Waals surface area contributed by atoms with Crippen LogP contribution in [0.25, 0.3) is 0 Å². The minimum Gasteiger partial charge on any atom is -0.378 e. The zero-order chi connectivity index (χ0) is 21.7. The highest BCUT2D eigenvalue weighted by atomic mass is 35.5. The van der Waals surface area contributed by atoms with E-state index in [1.807, 2.05) is 112 Å². The van der Waals surface area contributed by atoms with Gasteiger partial charge in [0, 0.05) is 35.8 Å². The van der Waals surface area contributed by atoms with E-state index in [1.165, 1.54) is 0 Å². The molecule has 158 valence electrons. The summed E-state index contributed by atoms with van der Waals surface area (Å²) in [4.78, 5) is 2.01. The van der Waals surface area contributed by atoms with Crippen molar-refractivity contribution < 1.29 is 9.09 Å². The zero-order valence-electron chi connectivity index (χ0n) is 17.7. The molecule has 4 nitrogen and oxygen atoms in total. The topological polar surface area (TPSA) is 41.6 Å². The molecule has 0 saturated heterocycles. The smallest absolute Gasteiger partial charge is 0.258 e. The number of nitrogens with zero attached hydrogens (tertiary/aromatic N) is 1. The third-order valence-electron chi connectivity index (χ3n) is 4.70. The van der Waals surface area contributed by atoms with Crippen LogP contribution in [0.15, 0.2) is 78.9 Å². The molecule has 0 aromatic heterocycles. The molecule has 3 aromatic rings. The standard InChI is InChI=1S/C24H28ClN2O2P/c1-18(2)29-30(28,23-16-14-22(15-17-23)27(3)4)24(19-10-12-20(25)13-11-19)26-21-8-6-5-7-9-21/h5-18,24,26H,1-4H3/t24-,30+/m0/s1. The molecule has 30 heavy (non-hydrogen) atoms. The molecule has 0 fully saturated rings. The predicted octanol–water partition coefficient (Wildman–Crippen LogP) is 6.55. The van der Waals surface area contributed by atoms with E-state index >= 15 is 0 Å². The summed E-state index contributed by atoms with van der Waals surface area (Å²) in [6, 6.07) is 24.9. The van der Waals surface area contributed by atoms with Crippen molar-refractivity contribution >= 4 is 35.6 Å². The van der Waals surface area contributed by atoms with E-state index in [2.05, 4.69) is 5.32 Å². The van der Waals surface area contributed by atoms with Gasteiger partial charge in [0.2, 0.25) is 0 Å². The molecule has 0 bridgehead atoms. The number of para-hydroxylation sites is 1. The zero-order valence-corrected chi connectivity index (χ0v) is 19.4. The summed E-state index contributed by atoms with van der Waals surface area (Å²) in [5.41, 5.74) is 2.76. The molecule has 3 aromatic carbocycles. The Morgan fingerprint density at radius 3 is 2.03 bits per heavy atom. The van der Waals surface area contributed by atoms with Gasteiger partial charge in [0.15, 0.2) is 0 Å². The third kappa shape index (κ3) is 5.26. The highest BCUT2D eigenvalue weighted by molar-refractivity contribution is 7.67. The lowest BCUT2D eigenvalue weighted by Crippen LogP contribution is -2.22. The lowest BCUT2D eigenvalue weighted by molar-refractivity contribution is 0.245. The first-order valence-electron chi connectivity index (χ1n) is 9.93. The largest absolute Gasteiger partial charge is 0.378 e. The van der Waals surface area contributed by atoms with E-state index in [4.69, 9.17) is 16.1 Å². The number of benzene rings is 3. The Morgan fingerprint density at radius 2 is 1.50 bits per heavy atom. The molecular weight excluding hydrogens is 415 g/mol. The van der Waals surface area contributed by atoms with Gasteiger partial charge in [-0.25, -0.2) is 0 Å². The van der Waals surface area contributed by atoms with Crippen LogP contribution in [0, 0.1) is 0 Å². The summed E-state index contributed by atoms with van der Waals surface area (Å²) in [6.07, 6.45) is -0.211. The van der Waals surface area contributed by atoms with Gasteiger partial charge in [-0.15, -0.1) is 0 Å². The van der Waals surface area contributed by atoms with E-state index < -0.39 is 13.2 Å². The number of rotatable bonds is 8. The molecule has 0 aliphatic rings. The molecule has 0 unspecified atom stereocenters. The summed E-state index contributed by atoms with van der Waals surface area (Å²) in [7, 11) is 0.594. The third-order valence-corrected chi connectivity index (χ3v) is 7.81. The molecule has 0 spiro atoms. The first-order chi connectivity index (χ1) is 14.3. The van der Waals surface area contributed by atoms with Crippen LogP contribution in [-0.2, 0) is 9.09 Å². The van der Waals surface area contributed by atoms with Crippen LogP contribution in [0.3, 0.4) is 0 Å². The first-order valence-corrected chi connectivity index (χ1v) is 12.0. The normalized spacial score (nSPS) is 14.2. The first kappa shape index (κ1) is 22.4. The van der Waals surface area contributed by atoms with Crippen molar-refractivity contribution in [3.05, 3.63) is 89.4 Å². The Kier molecular flexibility index (Phi) is 7.25. The van der Waals surface area contributed by atoms with Gasteiger partial charge in [-0.3, -0.25) is 4.57 Å². The number of nitrogens with one attached hydrogen (secondary N) is 1. The second kappa shape index (κ2) is 9.70. The maximum Gasteiger partial charge on any atom is 0.258 e. The molecule has 0 radical (unpaired) electrons. The summed E-state index contributed by atoms with van der Waals surface area (Å²) in [5, 5.41) is 4.76. The molecule has 0 heterocycles. The molecule has 3 rings (SSSR count). The van der Waals surface area contributed by atoms with E-state index in [1.54, 1.807) is 0 Å². The summed E-state index contributed by atoms with van der Waals surface area (Å²) >= 11 is 6.11. The van der Waals surface area contributed by atoms with Gasteiger partial charge in [-0.05, 0) is 67.9 Å². The van der Waals surface area contributed by atoms with Gasteiger partial charge >= 0.3 is 0 Å². The van der Waals surface area contributed by atoms with Crippen LogP contribution in [0.1, 0.15) is 25.2 Å². The van der Waals surface area contributed by atoms with E-state index in [0.717, 1.165) is 16.9 Å². The van der Waals surface area contributed by atoms with E-state index in [0.29, 0.717) is 10.3 Å². The van der Waals surface area contributed by atoms with Crippen LogP contribution in [0.4, 0.5) is 11.4 Å². The molecule has 2 atom stereocenters. The van der Waals surface area contributed by atoms with Crippen LogP contribution in [0.5, 0.6) is 0 Å². The second-order valence-corrected chi connectivity index (χ2v) is 10.5. The van der Waals surface area contributed by atoms with E-state index in [9.17, 15) is 4.57 Å². The van der Waals surface area contributed by atoms with Gasteiger partial charge in [-0.2, -0.15) is 0 Å². The van der Waals surface area contributed by atoms with Crippen LogP contribution < -0.4 is 15.5 Å². The highest BCUT2D eigenvalue weighted by Gasteiger charge is 2.38. The van der Waals surface area contributed by atoms with Gasteiger partial charge in [0.25, 0.3) is 7.37 Å². The number of halogens is 1. The van der Waals surface area contributed by atoms with Gasteiger partial charge < -0.3 is 14.7 Å². The lowest BCUT2D eigenvalue weighted by atomic mass is 10.2. The molecule has 0 aliphatic carbocycles.